The second-order valence-corrected chi connectivity index (χ2v) is 4.41. The summed E-state index contributed by atoms with van der Waals surface area (Å²) in [5, 5.41) is 0. The Bertz CT molecular complexity index is 763. The van der Waals surface area contributed by atoms with Crippen molar-refractivity contribution >= 4 is 11.4 Å². The number of halogens is 5. The number of allylic oxidation sites excluding steroid dienone is 1. The molecule has 1 heterocycles. The fourth-order valence-electron chi connectivity index (χ4n) is 1.84. The zero-order chi connectivity index (χ0) is 17.2. The molecule has 0 amide bonds. The van der Waals surface area contributed by atoms with E-state index in [0.29, 0.717) is 12.3 Å². The van der Waals surface area contributed by atoms with Gasteiger partial charge in [-0.2, -0.15) is 22.6 Å². The van der Waals surface area contributed by atoms with Crippen LogP contribution in [0.15, 0.2) is 46.8 Å². The van der Waals surface area contributed by atoms with Crippen LogP contribution in [0.1, 0.15) is 0 Å². The first kappa shape index (κ1) is 16.5. The van der Waals surface area contributed by atoms with Crippen molar-refractivity contribution in [3.8, 4) is 11.3 Å². The van der Waals surface area contributed by atoms with Crippen LogP contribution in [0.4, 0.5) is 27.6 Å². The van der Waals surface area contributed by atoms with Gasteiger partial charge in [-0.15, -0.1) is 0 Å². The van der Waals surface area contributed by atoms with Gasteiger partial charge in [-0.3, -0.25) is 0 Å². The molecule has 9 heteroatoms. The molecule has 0 unspecified atom stereocenters. The summed E-state index contributed by atoms with van der Waals surface area (Å²) in [5.74, 6) is -2.25. The van der Waals surface area contributed by atoms with Crippen LogP contribution >= 0.6 is 0 Å². The van der Waals surface area contributed by atoms with Crippen LogP contribution < -0.4 is 16.5 Å². The van der Waals surface area contributed by atoms with Gasteiger partial charge in [-0.1, -0.05) is 0 Å². The van der Waals surface area contributed by atoms with Crippen molar-refractivity contribution in [2.75, 3.05) is 0 Å². The lowest BCUT2D eigenvalue weighted by Gasteiger charge is -2.07. The molecule has 2 rings (SSSR count). The molecule has 122 valence electrons. The molecule has 2 aromatic rings. The lowest BCUT2D eigenvalue weighted by atomic mass is 10.1. The van der Waals surface area contributed by atoms with E-state index >= 15 is 0 Å². The fourth-order valence-corrected chi connectivity index (χ4v) is 1.84. The molecule has 23 heavy (non-hydrogen) atoms. The Balaban J connectivity index is 2.74. The molecule has 5 N–H and O–H groups in total. The number of nitrogens with two attached hydrogens (primary N) is 2. The third-order valence-corrected chi connectivity index (χ3v) is 2.84. The zero-order valence-corrected chi connectivity index (χ0v) is 11.4. The van der Waals surface area contributed by atoms with Crippen molar-refractivity contribution < 1.29 is 31.4 Å². The number of furan rings is 1. The van der Waals surface area contributed by atoms with Gasteiger partial charge in [0.25, 0.3) is 5.69 Å². The highest BCUT2D eigenvalue weighted by Crippen LogP contribution is 2.29. The highest BCUT2D eigenvalue weighted by molar-refractivity contribution is 5.99. The lowest BCUT2D eigenvalue weighted by molar-refractivity contribution is -0.369. The van der Waals surface area contributed by atoms with E-state index < -0.39 is 34.9 Å². The van der Waals surface area contributed by atoms with E-state index in [1.54, 1.807) is 0 Å². The SMILES string of the molecule is NC=C(N)C(=[NH+]c1c(F)cc(F)cc1-c1ccco1)C(F)(F)F. The molecule has 0 bridgehead atoms. The van der Waals surface area contributed by atoms with Crippen LogP contribution in [0.2, 0.25) is 0 Å². The molecule has 0 aliphatic heterocycles. The van der Waals surface area contributed by atoms with Crippen molar-refractivity contribution in [1.82, 2.24) is 0 Å². The Kier molecular flexibility index (Phi) is 4.39. The maximum Gasteiger partial charge on any atom is 0.479 e. The first-order valence-electron chi connectivity index (χ1n) is 6.16. The van der Waals surface area contributed by atoms with Crippen molar-refractivity contribution in [1.29, 1.82) is 0 Å². The summed E-state index contributed by atoms with van der Waals surface area (Å²) in [4.78, 5) is 1.84. The Labute approximate surface area is 126 Å². The second kappa shape index (κ2) is 6.11. The van der Waals surface area contributed by atoms with Crippen molar-refractivity contribution in [2.45, 2.75) is 6.18 Å². The van der Waals surface area contributed by atoms with E-state index in [-0.39, 0.29) is 11.3 Å². The van der Waals surface area contributed by atoms with Gasteiger partial charge in [0.1, 0.15) is 17.3 Å². The molecular weight excluding hydrogens is 321 g/mol. The van der Waals surface area contributed by atoms with Crippen molar-refractivity contribution in [2.24, 2.45) is 11.5 Å². The smallest absolute Gasteiger partial charge is 0.464 e. The first-order valence-corrected chi connectivity index (χ1v) is 6.16. The standard InChI is InChI=1S/C14H10F5N3O/c15-7-4-8(11-2-1-3-23-11)12(9(16)5-7)22-13(10(21)6-20)14(17,18)19/h1-6H,20-21H2/p+1. The Morgan fingerprint density at radius 2 is 1.91 bits per heavy atom. The highest BCUT2D eigenvalue weighted by Gasteiger charge is 2.44. The van der Waals surface area contributed by atoms with Gasteiger partial charge in [0.05, 0.1) is 11.8 Å². The molecule has 0 atom stereocenters. The number of rotatable bonds is 3. The fraction of sp³-hybridized carbons (Fsp3) is 0.0714. The summed E-state index contributed by atoms with van der Waals surface area (Å²) in [5.41, 5.74) is 7.00. The summed E-state index contributed by atoms with van der Waals surface area (Å²) in [6.45, 7) is 0. The maximum atomic E-state index is 14.0. The first-order chi connectivity index (χ1) is 10.7. The largest absolute Gasteiger partial charge is 0.479 e. The van der Waals surface area contributed by atoms with Crippen LogP contribution in [0.5, 0.6) is 0 Å². The van der Waals surface area contributed by atoms with Crippen LogP contribution in [-0.4, -0.2) is 11.9 Å². The number of benzene rings is 1. The quantitative estimate of drug-likeness (QED) is 0.591. The third kappa shape index (κ3) is 3.50. The van der Waals surface area contributed by atoms with E-state index in [1.165, 1.54) is 18.4 Å². The average molecular weight is 332 g/mol. The molecule has 0 fully saturated rings. The Hall–Kier alpha value is -2.84. The zero-order valence-electron chi connectivity index (χ0n) is 11.4. The number of nitrogens with one attached hydrogen (secondary N) is 1. The van der Waals surface area contributed by atoms with Gasteiger partial charge < -0.3 is 15.9 Å². The van der Waals surface area contributed by atoms with Gasteiger partial charge in [0.2, 0.25) is 0 Å². The maximum absolute atomic E-state index is 14.0. The lowest BCUT2D eigenvalue weighted by Crippen LogP contribution is -2.72. The predicted octanol–water partition coefficient (Wildman–Crippen LogP) is 1.70. The molecule has 0 saturated heterocycles. The predicted molar refractivity (Wildman–Crippen MR) is 72.2 cm³/mol. The monoisotopic (exact) mass is 332 g/mol. The molecule has 0 spiro atoms. The van der Waals surface area contributed by atoms with E-state index in [0.717, 1.165) is 6.07 Å². The summed E-state index contributed by atoms with van der Waals surface area (Å²) in [7, 11) is 0. The van der Waals surface area contributed by atoms with Gasteiger partial charge in [-0.05, 0) is 18.2 Å². The van der Waals surface area contributed by atoms with Crippen LogP contribution in [0.25, 0.3) is 11.3 Å². The van der Waals surface area contributed by atoms with Gasteiger partial charge >= 0.3 is 11.9 Å². The Morgan fingerprint density at radius 3 is 2.43 bits per heavy atom. The van der Waals surface area contributed by atoms with Crippen molar-refractivity contribution in [3.05, 3.63) is 54.1 Å². The molecule has 1 aromatic heterocycles. The topological polar surface area (TPSA) is 79.2 Å². The van der Waals surface area contributed by atoms with Crippen LogP contribution in [0.3, 0.4) is 0 Å². The molecule has 4 nitrogen and oxygen atoms in total. The van der Waals surface area contributed by atoms with Crippen molar-refractivity contribution in [3.63, 3.8) is 0 Å². The normalized spacial score (nSPS) is 13.4. The molecule has 0 aliphatic carbocycles. The van der Waals surface area contributed by atoms with Gasteiger partial charge in [-0.25, -0.2) is 4.39 Å². The minimum atomic E-state index is -4.93. The van der Waals surface area contributed by atoms with Gasteiger partial charge in [0.15, 0.2) is 5.82 Å². The molecular formula is C14H11F5N3O+. The van der Waals surface area contributed by atoms with E-state index in [4.69, 9.17) is 15.9 Å². The molecule has 0 radical (unpaired) electrons. The average Bonchev–Trinajstić information content (AvgIpc) is 2.97. The molecule has 1 aromatic carbocycles. The summed E-state index contributed by atoms with van der Waals surface area (Å²) < 4.78 is 71.5. The summed E-state index contributed by atoms with van der Waals surface area (Å²) in [6, 6.07) is 4.03. The Morgan fingerprint density at radius 1 is 1.22 bits per heavy atom. The minimum Gasteiger partial charge on any atom is -0.464 e. The van der Waals surface area contributed by atoms with Crippen LogP contribution in [0, 0.1) is 11.6 Å². The van der Waals surface area contributed by atoms with Crippen LogP contribution in [-0.2, 0) is 0 Å². The van der Waals surface area contributed by atoms with E-state index in [2.05, 4.69) is 0 Å². The number of alkyl halides is 3. The minimum absolute atomic E-state index is 0.0253. The summed E-state index contributed by atoms with van der Waals surface area (Å²) in [6.07, 6.45) is -3.20. The third-order valence-electron chi connectivity index (χ3n) is 2.84. The highest BCUT2D eigenvalue weighted by atomic mass is 19.4. The number of hydrogen-bond acceptors (Lipinski definition) is 3. The second-order valence-electron chi connectivity index (χ2n) is 4.41. The molecule has 0 saturated carbocycles. The van der Waals surface area contributed by atoms with Gasteiger partial charge in [0, 0.05) is 12.3 Å². The summed E-state index contributed by atoms with van der Waals surface area (Å²) >= 11 is 0. The van der Waals surface area contributed by atoms with E-state index in [1.807, 2.05) is 4.99 Å². The molecule has 0 aliphatic rings. The van der Waals surface area contributed by atoms with E-state index in [9.17, 15) is 22.0 Å². The number of hydrogen-bond donors (Lipinski definition) is 3.